The number of alkyl halides is 2. The fourth-order valence-corrected chi connectivity index (χ4v) is 3.28. The van der Waals surface area contributed by atoms with Crippen LogP contribution in [0, 0.1) is 20.2 Å². The first-order valence-electron chi connectivity index (χ1n) is 6.88. The molecule has 0 amide bonds. The Morgan fingerprint density at radius 2 is 1.15 bits per heavy atom. The van der Waals surface area contributed by atoms with Crippen LogP contribution in [0.15, 0.2) is 48.5 Å². The van der Waals surface area contributed by atoms with Crippen LogP contribution in [0.3, 0.4) is 0 Å². The van der Waals surface area contributed by atoms with Crippen LogP contribution >= 0.6 is 30.8 Å². The monoisotopic (exact) mass is 420 g/mol. The maximum absolute atomic E-state index is 13.0. The Kier molecular flexibility index (Phi) is 5.75. The number of hydrogen-bond donors (Lipinski definition) is 0. The Morgan fingerprint density at radius 1 is 0.846 bits per heavy atom. The molecule has 0 N–H and O–H groups in total. The van der Waals surface area contributed by atoms with Gasteiger partial charge in [0.15, 0.2) is 0 Å². The summed E-state index contributed by atoms with van der Waals surface area (Å²) in [6, 6.07) is 9.42. The van der Waals surface area contributed by atoms with Crippen molar-refractivity contribution in [2.45, 2.75) is 11.0 Å². The first-order valence-corrected chi connectivity index (χ1v) is 9.18. The standard InChI is InChI=1S/C14H11Cl2N2O7P/c1-14(15,16)26(23,24-12-6-2-10(3-7-12)17(19)20)25-13-8-4-11(5-9-13)18(21)22/h2-9H,1H3. The summed E-state index contributed by atoms with van der Waals surface area (Å²) in [6.07, 6.45) is 0. The molecule has 0 radical (unpaired) electrons. The predicted octanol–water partition coefficient (Wildman–Crippen LogP) is 5.31. The molecule has 138 valence electrons. The topological polar surface area (TPSA) is 122 Å². The van der Waals surface area contributed by atoms with Crippen LogP contribution in [0.25, 0.3) is 0 Å². The van der Waals surface area contributed by atoms with Gasteiger partial charge in [-0.2, -0.15) is 0 Å². The van der Waals surface area contributed by atoms with E-state index < -0.39 is 21.5 Å². The van der Waals surface area contributed by atoms with E-state index in [2.05, 4.69) is 0 Å². The summed E-state index contributed by atoms with van der Waals surface area (Å²) in [5, 5.41) is 21.3. The normalized spacial score (nSPS) is 11.7. The van der Waals surface area contributed by atoms with E-state index in [1.807, 2.05) is 0 Å². The van der Waals surface area contributed by atoms with Crippen molar-refractivity contribution in [3.8, 4) is 11.5 Å². The van der Waals surface area contributed by atoms with E-state index in [0.717, 1.165) is 24.3 Å². The van der Waals surface area contributed by atoms with Crippen LogP contribution in [0.5, 0.6) is 11.5 Å². The zero-order valence-electron chi connectivity index (χ0n) is 13.1. The molecule has 0 fully saturated rings. The van der Waals surface area contributed by atoms with E-state index in [4.69, 9.17) is 32.2 Å². The first kappa shape index (κ1) is 20.0. The van der Waals surface area contributed by atoms with Gasteiger partial charge in [0.2, 0.25) is 4.07 Å². The lowest BCUT2D eigenvalue weighted by Gasteiger charge is -2.26. The van der Waals surface area contributed by atoms with Crippen LogP contribution in [0.2, 0.25) is 0 Å². The SMILES string of the molecule is CC(Cl)(Cl)P(=O)(Oc1ccc([N+](=O)[O-])cc1)Oc1ccc([N+](=O)[O-])cc1. The Hall–Kier alpha value is -2.35. The first-order chi connectivity index (χ1) is 12.0. The smallest absolute Gasteiger partial charge is 0.414 e. The molecule has 0 heterocycles. The number of rotatable bonds is 7. The summed E-state index contributed by atoms with van der Waals surface area (Å²) >= 11 is 11.9. The highest BCUT2D eigenvalue weighted by Crippen LogP contribution is 2.63. The highest BCUT2D eigenvalue weighted by Gasteiger charge is 2.48. The van der Waals surface area contributed by atoms with Gasteiger partial charge in [0.05, 0.1) is 9.85 Å². The average molecular weight is 421 g/mol. The zero-order chi connectivity index (χ0) is 19.5. The lowest BCUT2D eigenvalue weighted by Crippen LogP contribution is -2.17. The number of non-ortho nitro benzene ring substituents is 2. The van der Waals surface area contributed by atoms with Crippen LogP contribution in [0.1, 0.15) is 6.92 Å². The summed E-state index contributed by atoms with van der Waals surface area (Å²) in [7, 11) is -4.23. The molecule has 2 aromatic carbocycles. The quantitative estimate of drug-likeness (QED) is 0.257. The van der Waals surface area contributed by atoms with Gasteiger partial charge >= 0.3 is 7.60 Å². The maximum atomic E-state index is 13.0. The highest BCUT2D eigenvalue weighted by molar-refractivity contribution is 7.60. The summed E-state index contributed by atoms with van der Waals surface area (Å²) in [4.78, 5) is 20.1. The molecule has 0 unspecified atom stereocenters. The molecule has 0 saturated carbocycles. The Bertz CT molecular complexity index is 803. The molecule has 0 atom stereocenters. The van der Waals surface area contributed by atoms with Crippen LogP contribution in [-0.4, -0.2) is 13.9 Å². The molecular formula is C14H11Cl2N2O7P. The van der Waals surface area contributed by atoms with Gasteiger partial charge in [-0.3, -0.25) is 20.2 Å². The van der Waals surface area contributed by atoms with Crippen molar-refractivity contribution in [3.63, 3.8) is 0 Å². The van der Waals surface area contributed by atoms with Crippen molar-refractivity contribution in [2.75, 3.05) is 0 Å². The van der Waals surface area contributed by atoms with Crippen molar-refractivity contribution in [3.05, 3.63) is 68.8 Å². The van der Waals surface area contributed by atoms with Crippen molar-refractivity contribution in [1.82, 2.24) is 0 Å². The van der Waals surface area contributed by atoms with E-state index in [-0.39, 0.29) is 22.9 Å². The molecule has 0 aromatic heterocycles. The van der Waals surface area contributed by atoms with Gasteiger partial charge in [-0.1, -0.05) is 23.2 Å². The molecule has 9 nitrogen and oxygen atoms in total. The lowest BCUT2D eigenvalue weighted by molar-refractivity contribution is -0.385. The number of halogens is 2. The van der Waals surface area contributed by atoms with Crippen LogP contribution < -0.4 is 9.05 Å². The molecule has 2 rings (SSSR count). The van der Waals surface area contributed by atoms with Crippen molar-refractivity contribution in [1.29, 1.82) is 0 Å². The highest BCUT2D eigenvalue weighted by atomic mass is 35.5. The molecule has 12 heteroatoms. The minimum atomic E-state index is -4.23. The second-order valence-corrected chi connectivity index (χ2v) is 9.51. The third-order valence-electron chi connectivity index (χ3n) is 3.03. The van der Waals surface area contributed by atoms with E-state index >= 15 is 0 Å². The summed E-state index contributed by atoms with van der Waals surface area (Å²) in [6.45, 7) is 1.19. The van der Waals surface area contributed by atoms with E-state index in [9.17, 15) is 24.8 Å². The Labute approximate surface area is 157 Å². The molecule has 0 saturated heterocycles. The second-order valence-electron chi connectivity index (χ2n) is 5.02. The van der Waals surface area contributed by atoms with E-state index in [1.165, 1.54) is 31.2 Å². The Balaban J connectivity index is 2.29. The molecule has 0 bridgehead atoms. The third kappa shape index (κ3) is 4.63. The van der Waals surface area contributed by atoms with Gasteiger partial charge in [0.1, 0.15) is 11.5 Å². The fraction of sp³-hybridized carbons (Fsp3) is 0.143. The van der Waals surface area contributed by atoms with Gasteiger partial charge in [0, 0.05) is 24.3 Å². The molecule has 2 aromatic rings. The van der Waals surface area contributed by atoms with Gasteiger partial charge in [-0.25, -0.2) is 4.57 Å². The number of nitro benzene ring substituents is 2. The minimum Gasteiger partial charge on any atom is -0.414 e. The zero-order valence-corrected chi connectivity index (χ0v) is 15.5. The summed E-state index contributed by atoms with van der Waals surface area (Å²) < 4.78 is 21.7. The van der Waals surface area contributed by atoms with E-state index in [0.29, 0.717) is 0 Å². The fourth-order valence-electron chi connectivity index (χ4n) is 1.71. The van der Waals surface area contributed by atoms with Gasteiger partial charge in [-0.15, -0.1) is 0 Å². The van der Waals surface area contributed by atoms with E-state index in [1.54, 1.807) is 0 Å². The van der Waals surface area contributed by atoms with Gasteiger partial charge < -0.3 is 9.05 Å². The molecular weight excluding hydrogens is 410 g/mol. The average Bonchev–Trinajstić information content (AvgIpc) is 2.54. The number of nitro groups is 2. The number of nitrogens with zero attached hydrogens (tertiary/aromatic N) is 2. The molecule has 26 heavy (non-hydrogen) atoms. The Morgan fingerprint density at radius 3 is 1.38 bits per heavy atom. The van der Waals surface area contributed by atoms with Crippen molar-refractivity contribution < 1.29 is 23.5 Å². The van der Waals surface area contributed by atoms with Crippen molar-refractivity contribution >= 4 is 42.2 Å². The molecule has 0 aliphatic carbocycles. The number of benzene rings is 2. The number of hydrogen-bond acceptors (Lipinski definition) is 7. The molecule has 0 aliphatic rings. The summed E-state index contributed by atoms with van der Waals surface area (Å²) in [5.74, 6) is -0.0401. The maximum Gasteiger partial charge on any atom is 0.466 e. The second kappa shape index (κ2) is 7.49. The van der Waals surface area contributed by atoms with Gasteiger partial charge in [0.25, 0.3) is 11.4 Å². The lowest BCUT2D eigenvalue weighted by atomic mass is 10.3. The van der Waals surface area contributed by atoms with Crippen LogP contribution in [0.4, 0.5) is 11.4 Å². The van der Waals surface area contributed by atoms with Crippen molar-refractivity contribution in [2.24, 2.45) is 0 Å². The molecule has 0 aliphatic heterocycles. The van der Waals surface area contributed by atoms with Gasteiger partial charge in [-0.05, 0) is 31.2 Å². The predicted molar refractivity (Wildman–Crippen MR) is 95.2 cm³/mol. The van der Waals surface area contributed by atoms with Crippen LogP contribution in [-0.2, 0) is 4.57 Å². The minimum absolute atomic E-state index is 0.0200. The third-order valence-corrected chi connectivity index (χ3v) is 6.13. The molecule has 0 spiro atoms. The summed E-state index contributed by atoms with van der Waals surface area (Å²) in [5.41, 5.74) is -0.383. The largest absolute Gasteiger partial charge is 0.466 e.